The lowest BCUT2D eigenvalue weighted by atomic mass is 10.0. The van der Waals surface area contributed by atoms with Crippen LogP contribution in [-0.2, 0) is 0 Å². The highest BCUT2D eigenvalue weighted by Gasteiger charge is 2.07. The quantitative estimate of drug-likeness (QED) is 0.366. The van der Waals surface area contributed by atoms with E-state index in [9.17, 15) is 0 Å². The van der Waals surface area contributed by atoms with Gasteiger partial charge in [-0.2, -0.15) is 12.6 Å². The number of thiol groups is 1. The van der Waals surface area contributed by atoms with Gasteiger partial charge in [0.05, 0.1) is 0 Å². The topological polar surface area (TPSA) is 0 Å². The molecule has 1 aliphatic rings. The number of allylic oxidation sites excluding steroid dienone is 1. The Balaban J connectivity index is 2.25. The fraction of sp³-hybridized carbons (Fsp3) is 0.800. The van der Waals surface area contributed by atoms with Crippen LogP contribution in [0.15, 0.2) is 12.2 Å². The Hall–Kier alpha value is 0.0900. The van der Waals surface area contributed by atoms with E-state index in [4.69, 9.17) is 0 Å². The Kier molecular flexibility index (Phi) is 4.76. The van der Waals surface area contributed by atoms with Gasteiger partial charge in [0.25, 0.3) is 0 Å². The molecule has 0 amide bonds. The van der Waals surface area contributed by atoms with Gasteiger partial charge in [-0.1, -0.05) is 37.8 Å². The predicted octanol–water partition coefficient (Wildman–Crippen LogP) is 3.44. The minimum absolute atomic E-state index is 0.865. The second kappa shape index (κ2) is 5.70. The molecule has 0 aromatic rings. The molecule has 1 aliphatic carbocycles. The molecule has 0 aliphatic heterocycles. The van der Waals surface area contributed by atoms with Gasteiger partial charge in [-0.15, -0.1) is 0 Å². The van der Waals surface area contributed by atoms with E-state index in [0.29, 0.717) is 0 Å². The Morgan fingerprint density at radius 2 is 1.73 bits per heavy atom. The first-order valence-corrected chi connectivity index (χ1v) is 5.34. The number of rotatable bonds is 2. The lowest BCUT2D eigenvalue weighted by Crippen LogP contribution is -1.92. The molecule has 0 heterocycles. The van der Waals surface area contributed by atoms with Gasteiger partial charge in [0.2, 0.25) is 0 Å². The monoisotopic (exact) mass is 170 g/mol. The minimum atomic E-state index is 0.865. The molecular formula is C10H18S. The van der Waals surface area contributed by atoms with E-state index in [-0.39, 0.29) is 0 Å². The third kappa shape index (κ3) is 3.85. The van der Waals surface area contributed by atoms with Crippen molar-refractivity contribution in [1.29, 1.82) is 0 Å². The summed E-state index contributed by atoms with van der Waals surface area (Å²) >= 11 is 4.16. The van der Waals surface area contributed by atoms with Crippen molar-refractivity contribution < 1.29 is 0 Å². The van der Waals surface area contributed by atoms with Gasteiger partial charge in [0.15, 0.2) is 0 Å². The van der Waals surface area contributed by atoms with Crippen LogP contribution in [0.1, 0.15) is 38.5 Å². The van der Waals surface area contributed by atoms with Crippen molar-refractivity contribution in [3.63, 3.8) is 0 Å². The molecule has 64 valence electrons. The molecular weight excluding hydrogens is 152 g/mol. The molecule has 1 heteroatoms. The van der Waals surface area contributed by atoms with Gasteiger partial charge in [-0.25, -0.2) is 0 Å². The molecule has 1 saturated carbocycles. The fourth-order valence-corrected chi connectivity index (χ4v) is 1.88. The molecule has 0 nitrogen and oxygen atoms in total. The van der Waals surface area contributed by atoms with Crippen LogP contribution >= 0.6 is 12.6 Å². The van der Waals surface area contributed by atoms with Crippen molar-refractivity contribution in [1.82, 2.24) is 0 Å². The Bertz CT molecular complexity index is 110. The molecule has 0 bridgehead atoms. The summed E-state index contributed by atoms with van der Waals surface area (Å²) in [5, 5.41) is 0. The second-order valence-corrected chi connectivity index (χ2v) is 3.73. The van der Waals surface area contributed by atoms with E-state index in [2.05, 4.69) is 24.8 Å². The van der Waals surface area contributed by atoms with E-state index in [1.54, 1.807) is 0 Å². The molecule has 1 rings (SSSR count). The third-order valence-corrected chi connectivity index (χ3v) is 2.62. The molecule has 0 aromatic carbocycles. The van der Waals surface area contributed by atoms with Crippen molar-refractivity contribution in [3.05, 3.63) is 12.2 Å². The summed E-state index contributed by atoms with van der Waals surface area (Å²) in [6.07, 6.45) is 13.1. The summed E-state index contributed by atoms with van der Waals surface area (Å²) < 4.78 is 0. The molecule has 0 atom stereocenters. The zero-order valence-electron chi connectivity index (χ0n) is 7.13. The average molecular weight is 170 g/mol. The zero-order chi connectivity index (χ0) is 7.94. The largest absolute Gasteiger partial charge is 0.175 e. The van der Waals surface area contributed by atoms with E-state index in [1.807, 2.05) is 0 Å². The molecule has 0 radical (unpaired) electrons. The lowest BCUT2D eigenvalue weighted by molar-refractivity contribution is 0.559. The van der Waals surface area contributed by atoms with Gasteiger partial charge < -0.3 is 0 Å². The first kappa shape index (κ1) is 9.18. The van der Waals surface area contributed by atoms with Crippen molar-refractivity contribution >= 4 is 12.6 Å². The predicted molar refractivity (Wildman–Crippen MR) is 54.2 cm³/mol. The van der Waals surface area contributed by atoms with Gasteiger partial charge in [0.1, 0.15) is 0 Å². The standard InChI is InChI=1S/C10H18S/c11-9-5-8-10-6-3-1-2-4-7-10/h5,8,10-11H,1-4,6-7,9H2. The SMILES string of the molecule is SCC=CC1CCCCCC1. The fourth-order valence-electron chi connectivity index (χ4n) is 1.76. The average Bonchev–Trinajstić information content (AvgIpc) is 2.28. The van der Waals surface area contributed by atoms with Crippen LogP contribution in [0.3, 0.4) is 0 Å². The summed E-state index contributed by atoms with van der Waals surface area (Å²) in [5.41, 5.74) is 0. The Morgan fingerprint density at radius 3 is 2.27 bits per heavy atom. The third-order valence-electron chi connectivity index (χ3n) is 2.41. The summed E-state index contributed by atoms with van der Waals surface area (Å²) in [4.78, 5) is 0. The van der Waals surface area contributed by atoms with E-state index in [0.717, 1.165) is 11.7 Å². The Labute approximate surface area is 75.5 Å². The van der Waals surface area contributed by atoms with Crippen LogP contribution in [0, 0.1) is 5.92 Å². The van der Waals surface area contributed by atoms with Crippen LogP contribution in [0.4, 0.5) is 0 Å². The highest BCUT2D eigenvalue weighted by molar-refractivity contribution is 7.80. The lowest BCUT2D eigenvalue weighted by Gasteiger charge is -2.06. The molecule has 1 fully saturated rings. The molecule has 11 heavy (non-hydrogen) atoms. The highest BCUT2D eigenvalue weighted by atomic mass is 32.1. The summed E-state index contributed by atoms with van der Waals surface area (Å²) in [5.74, 6) is 1.76. The van der Waals surface area contributed by atoms with Gasteiger partial charge in [-0.05, 0) is 18.8 Å². The molecule has 0 aromatic heterocycles. The summed E-state index contributed by atoms with van der Waals surface area (Å²) in [6.45, 7) is 0. The normalized spacial score (nSPS) is 22.3. The van der Waals surface area contributed by atoms with E-state index < -0.39 is 0 Å². The molecule has 0 unspecified atom stereocenters. The van der Waals surface area contributed by atoms with E-state index in [1.165, 1.54) is 38.5 Å². The van der Waals surface area contributed by atoms with Crippen LogP contribution < -0.4 is 0 Å². The smallest absolute Gasteiger partial charge is 0.00826 e. The first-order valence-electron chi connectivity index (χ1n) is 4.71. The van der Waals surface area contributed by atoms with E-state index >= 15 is 0 Å². The minimum Gasteiger partial charge on any atom is -0.175 e. The maximum absolute atomic E-state index is 4.16. The van der Waals surface area contributed by atoms with Gasteiger partial charge >= 0.3 is 0 Å². The second-order valence-electron chi connectivity index (χ2n) is 3.36. The maximum Gasteiger partial charge on any atom is 0.00826 e. The van der Waals surface area contributed by atoms with Crippen molar-refractivity contribution in [2.45, 2.75) is 38.5 Å². The molecule has 0 spiro atoms. The molecule has 0 saturated heterocycles. The van der Waals surface area contributed by atoms with Crippen molar-refractivity contribution in [2.24, 2.45) is 5.92 Å². The summed E-state index contributed by atoms with van der Waals surface area (Å²) in [7, 11) is 0. The first-order chi connectivity index (χ1) is 5.43. The Morgan fingerprint density at radius 1 is 1.09 bits per heavy atom. The van der Waals surface area contributed by atoms with Crippen LogP contribution in [0.5, 0.6) is 0 Å². The zero-order valence-corrected chi connectivity index (χ0v) is 8.02. The van der Waals surface area contributed by atoms with Crippen LogP contribution in [0.25, 0.3) is 0 Å². The van der Waals surface area contributed by atoms with Gasteiger partial charge in [-0.3, -0.25) is 0 Å². The van der Waals surface area contributed by atoms with Crippen molar-refractivity contribution in [3.8, 4) is 0 Å². The van der Waals surface area contributed by atoms with Crippen LogP contribution in [0.2, 0.25) is 0 Å². The van der Waals surface area contributed by atoms with Crippen LogP contribution in [-0.4, -0.2) is 5.75 Å². The maximum atomic E-state index is 4.16. The highest BCUT2D eigenvalue weighted by Crippen LogP contribution is 2.23. The number of hydrogen-bond acceptors (Lipinski definition) is 1. The van der Waals surface area contributed by atoms with Gasteiger partial charge in [0, 0.05) is 5.75 Å². The molecule has 0 N–H and O–H groups in total. The van der Waals surface area contributed by atoms with Crippen molar-refractivity contribution in [2.75, 3.05) is 5.75 Å². The number of hydrogen-bond donors (Lipinski definition) is 1. The summed E-state index contributed by atoms with van der Waals surface area (Å²) in [6, 6.07) is 0.